The molecule has 5 nitrogen and oxygen atoms in total. The van der Waals surface area contributed by atoms with Crippen molar-refractivity contribution >= 4 is 17.8 Å². The topological polar surface area (TPSA) is 77.3 Å². The van der Waals surface area contributed by atoms with Crippen molar-refractivity contribution in [2.24, 2.45) is 0 Å². The third-order valence-corrected chi connectivity index (χ3v) is 1.89. The van der Waals surface area contributed by atoms with Crippen molar-refractivity contribution in [3.63, 3.8) is 0 Å². The predicted molar refractivity (Wildman–Crippen MR) is 52.7 cm³/mol. The molecule has 0 saturated heterocycles. The first kappa shape index (κ1) is 11.0. The van der Waals surface area contributed by atoms with E-state index in [0.717, 1.165) is 0 Å². The predicted octanol–water partition coefficient (Wildman–Crippen LogP) is 1.76. The molecule has 0 unspecified atom stereocenters. The zero-order valence-electron chi connectivity index (χ0n) is 7.88. The molecule has 1 aromatic rings. The number of hydrogen-bond donors (Lipinski definition) is 0. The number of benzene rings is 1. The Labute approximate surface area is 85.9 Å². The van der Waals surface area contributed by atoms with Gasteiger partial charge in [-0.05, 0) is 12.1 Å². The minimum Gasteiger partial charge on any atom is -0.303 e. The van der Waals surface area contributed by atoms with Gasteiger partial charge in [-0.1, -0.05) is 0 Å². The highest BCUT2D eigenvalue weighted by Gasteiger charge is 2.08. The maximum absolute atomic E-state index is 11.4. The van der Waals surface area contributed by atoms with Gasteiger partial charge in [0.05, 0.1) is 4.92 Å². The van der Waals surface area contributed by atoms with E-state index in [9.17, 15) is 19.7 Å². The maximum atomic E-state index is 11.4. The number of Topliss-reactive ketones (excluding diaryl/α,β-unsaturated/α-hetero) is 1. The summed E-state index contributed by atoms with van der Waals surface area (Å²) in [6, 6.07) is 5.33. The van der Waals surface area contributed by atoms with Gasteiger partial charge in [0.15, 0.2) is 5.78 Å². The van der Waals surface area contributed by atoms with E-state index in [1.54, 1.807) is 0 Å². The second-order valence-corrected chi connectivity index (χ2v) is 2.93. The van der Waals surface area contributed by atoms with Crippen LogP contribution in [0.4, 0.5) is 5.69 Å². The second kappa shape index (κ2) is 4.99. The third-order valence-electron chi connectivity index (χ3n) is 1.89. The average molecular weight is 207 g/mol. The monoisotopic (exact) mass is 207 g/mol. The van der Waals surface area contributed by atoms with Gasteiger partial charge in [-0.25, -0.2) is 0 Å². The van der Waals surface area contributed by atoms with Crippen LogP contribution in [0.15, 0.2) is 24.3 Å². The lowest BCUT2D eigenvalue weighted by Crippen LogP contribution is -1.99. The summed E-state index contributed by atoms with van der Waals surface area (Å²) in [6.07, 6.45) is 0.987. The van der Waals surface area contributed by atoms with Crippen LogP contribution in [-0.4, -0.2) is 17.0 Å². The van der Waals surface area contributed by atoms with Gasteiger partial charge in [-0.2, -0.15) is 0 Å². The van der Waals surface area contributed by atoms with Crippen LogP contribution in [-0.2, 0) is 4.79 Å². The summed E-state index contributed by atoms with van der Waals surface area (Å²) in [4.78, 5) is 31.2. The molecule has 0 spiro atoms. The number of carbonyl (C=O) groups excluding carboxylic acids is 2. The second-order valence-electron chi connectivity index (χ2n) is 2.93. The van der Waals surface area contributed by atoms with Crippen LogP contribution < -0.4 is 0 Å². The van der Waals surface area contributed by atoms with E-state index in [-0.39, 0.29) is 24.3 Å². The molecule has 0 heterocycles. The Morgan fingerprint density at radius 1 is 1.33 bits per heavy atom. The summed E-state index contributed by atoms with van der Waals surface area (Å²) in [5, 5.41) is 10.3. The number of carbonyl (C=O) groups is 2. The Hall–Kier alpha value is -2.04. The lowest BCUT2D eigenvalue weighted by molar-refractivity contribution is -0.384. The number of nitro groups is 1. The molecule has 0 N–H and O–H groups in total. The molecule has 0 saturated carbocycles. The van der Waals surface area contributed by atoms with E-state index in [4.69, 9.17) is 0 Å². The van der Waals surface area contributed by atoms with Crippen LogP contribution >= 0.6 is 0 Å². The third kappa shape index (κ3) is 2.98. The van der Waals surface area contributed by atoms with Crippen LogP contribution in [0.2, 0.25) is 0 Å². The first-order valence-electron chi connectivity index (χ1n) is 4.36. The van der Waals surface area contributed by atoms with Crippen molar-refractivity contribution in [1.82, 2.24) is 0 Å². The zero-order chi connectivity index (χ0) is 11.3. The van der Waals surface area contributed by atoms with E-state index in [1.165, 1.54) is 24.3 Å². The molecule has 0 bridgehead atoms. The van der Waals surface area contributed by atoms with Crippen LogP contribution in [0.5, 0.6) is 0 Å². The van der Waals surface area contributed by atoms with Crippen molar-refractivity contribution in [3.8, 4) is 0 Å². The molecule has 15 heavy (non-hydrogen) atoms. The highest BCUT2D eigenvalue weighted by Crippen LogP contribution is 2.13. The van der Waals surface area contributed by atoms with Crippen LogP contribution in [0.3, 0.4) is 0 Å². The Balaban J connectivity index is 2.75. The van der Waals surface area contributed by atoms with Gasteiger partial charge in [0, 0.05) is 30.5 Å². The van der Waals surface area contributed by atoms with E-state index in [2.05, 4.69) is 0 Å². The van der Waals surface area contributed by atoms with Gasteiger partial charge in [-0.3, -0.25) is 14.9 Å². The fraction of sp³-hybridized carbons (Fsp3) is 0.200. The van der Waals surface area contributed by atoms with Gasteiger partial charge in [0.2, 0.25) is 0 Å². The number of nitro benzene ring substituents is 1. The fourth-order valence-corrected chi connectivity index (χ4v) is 1.10. The number of ketones is 1. The van der Waals surface area contributed by atoms with E-state index in [1.807, 2.05) is 0 Å². The Morgan fingerprint density at radius 2 is 1.93 bits per heavy atom. The molecular weight excluding hydrogens is 198 g/mol. The molecule has 0 aliphatic rings. The highest BCUT2D eigenvalue weighted by molar-refractivity contribution is 5.97. The van der Waals surface area contributed by atoms with Gasteiger partial charge >= 0.3 is 0 Å². The molecular formula is C10H9NO4. The maximum Gasteiger partial charge on any atom is 0.269 e. The smallest absolute Gasteiger partial charge is 0.269 e. The molecule has 1 aromatic carbocycles. The molecule has 0 aliphatic heterocycles. The van der Waals surface area contributed by atoms with E-state index >= 15 is 0 Å². The minimum absolute atomic E-state index is 0.0538. The lowest BCUT2D eigenvalue weighted by atomic mass is 10.1. The number of nitrogens with zero attached hydrogens (tertiary/aromatic N) is 1. The van der Waals surface area contributed by atoms with Crippen LogP contribution in [0.25, 0.3) is 0 Å². The number of hydrogen-bond acceptors (Lipinski definition) is 4. The van der Waals surface area contributed by atoms with Gasteiger partial charge in [-0.15, -0.1) is 0 Å². The molecule has 0 aliphatic carbocycles. The first-order chi connectivity index (χ1) is 7.15. The standard InChI is InChI=1S/C10H9NO4/c12-7-1-2-10(13)8-3-5-9(6-4-8)11(14)15/h3-7H,1-2H2. The molecule has 1 rings (SSSR count). The first-order valence-corrected chi connectivity index (χ1v) is 4.36. The Morgan fingerprint density at radius 3 is 2.40 bits per heavy atom. The number of rotatable bonds is 5. The molecule has 5 heteroatoms. The average Bonchev–Trinajstić information content (AvgIpc) is 2.26. The molecule has 0 aromatic heterocycles. The van der Waals surface area contributed by atoms with Crippen molar-refractivity contribution in [3.05, 3.63) is 39.9 Å². The molecule has 0 amide bonds. The summed E-state index contributed by atoms with van der Waals surface area (Å²) in [6.45, 7) is 0. The summed E-state index contributed by atoms with van der Waals surface area (Å²) >= 11 is 0. The summed E-state index contributed by atoms with van der Waals surface area (Å²) in [7, 11) is 0. The fourth-order valence-electron chi connectivity index (χ4n) is 1.10. The summed E-state index contributed by atoms with van der Waals surface area (Å²) in [5.74, 6) is -0.183. The number of aldehydes is 1. The van der Waals surface area contributed by atoms with Crippen molar-refractivity contribution in [2.45, 2.75) is 12.8 Å². The molecule has 78 valence electrons. The summed E-state index contributed by atoms with van der Waals surface area (Å²) < 4.78 is 0. The minimum atomic E-state index is -0.528. The van der Waals surface area contributed by atoms with Crippen molar-refractivity contribution in [1.29, 1.82) is 0 Å². The summed E-state index contributed by atoms with van der Waals surface area (Å²) in [5.41, 5.74) is 0.337. The van der Waals surface area contributed by atoms with Crippen LogP contribution in [0.1, 0.15) is 23.2 Å². The zero-order valence-corrected chi connectivity index (χ0v) is 7.88. The SMILES string of the molecule is O=CCCC(=O)c1ccc([N+](=O)[O-])cc1. The van der Waals surface area contributed by atoms with E-state index in [0.29, 0.717) is 11.8 Å². The van der Waals surface area contributed by atoms with Gasteiger partial charge in [0.25, 0.3) is 5.69 Å². The van der Waals surface area contributed by atoms with Gasteiger partial charge < -0.3 is 4.79 Å². The van der Waals surface area contributed by atoms with Gasteiger partial charge in [0.1, 0.15) is 6.29 Å². The van der Waals surface area contributed by atoms with Crippen LogP contribution in [0, 0.1) is 10.1 Å². The van der Waals surface area contributed by atoms with E-state index < -0.39 is 4.92 Å². The lowest BCUT2D eigenvalue weighted by Gasteiger charge is -1.97. The molecule has 0 fully saturated rings. The van der Waals surface area contributed by atoms with Crippen molar-refractivity contribution < 1.29 is 14.5 Å². The normalized spacial score (nSPS) is 9.60. The quantitative estimate of drug-likeness (QED) is 0.319. The van der Waals surface area contributed by atoms with Crippen molar-refractivity contribution in [2.75, 3.05) is 0 Å². The number of non-ortho nitro benzene ring substituents is 1. The molecule has 0 atom stereocenters. The largest absolute Gasteiger partial charge is 0.303 e. The Kier molecular flexibility index (Phi) is 3.68. The highest BCUT2D eigenvalue weighted by atomic mass is 16.6. The Bertz CT molecular complexity index is 383. The molecule has 0 radical (unpaired) electrons.